The van der Waals surface area contributed by atoms with Crippen molar-refractivity contribution < 1.29 is 32.6 Å². The first kappa shape index (κ1) is 43.0. The summed E-state index contributed by atoms with van der Waals surface area (Å²) in [5.41, 5.74) is 4.66. The largest absolute Gasteiger partial charge is 0.457 e. The van der Waals surface area contributed by atoms with E-state index in [0.29, 0.717) is 46.3 Å². The SMILES string of the molecule is CC(C)[C@H](C(=O)OC(C#N)c1cccc(Oc2ccccc2)c1)c1ccc(OC(F)F)cc1.CCc1nn(C)c(C(=O)NCc2ccc(C(C)(C)C)cc2)c1Cl. The lowest BCUT2D eigenvalue weighted by molar-refractivity contribution is -0.150. The molecule has 0 aliphatic heterocycles. The number of ether oxygens (including phenoxy) is 3. The van der Waals surface area contributed by atoms with Crippen LogP contribution in [0.3, 0.4) is 0 Å². The van der Waals surface area contributed by atoms with Crippen molar-refractivity contribution in [3.8, 4) is 23.3 Å². The van der Waals surface area contributed by atoms with Crippen molar-refractivity contribution in [1.82, 2.24) is 15.1 Å². The molecule has 12 heteroatoms. The van der Waals surface area contributed by atoms with Gasteiger partial charge in [0.15, 0.2) is 0 Å². The lowest BCUT2D eigenvalue weighted by atomic mass is 9.87. The molecular weight excluding hydrogens is 738 g/mol. The molecule has 0 fully saturated rings. The molecule has 0 radical (unpaired) electrons. The quantitative estimate of drug-likeness (QED) is 0.118. The summed E-state index contributed by atoms with van der Waals surface area (Å²) in [7, 11) is 1.73. The maximum absolute atomic E-state index is 13.0. The lowest BCUT2D eigenvalue weighted by Gasteiger charge is -2.22. The minimum Gasteiger partial charge on any atom is -0.457 e. The first-order chi connectivity index (χ1) is 26.6. The lowest BCUT2D eigenvalue weighted by Crippen LogP contribution is -2.25. The molecule has 56 heavy (non-hydrogen) atoms. The second kappa shape index (κ2) is 19.7. The monoisotopic (exact) mass is 784 g/mol. The van der Waals surface area contributed by atoms with Crippen LogP contribution >= 0.6 is 11.6 Å². The smallest absolute Gasteiger partial charge is 0.387 e. The van der Waals surface area contributed by atoms with E-state index in [1.54, 1.807) is 60.3 Å². The van der Waals surface area contributed by atoms with Crippen LogP contribution in [-0.4, -0.2) is 28.3 Å². The van der Waals surface area contributed by atoms with E-state index in [0.717, 1.165) is 11.3 Å². The first-order valence-electron chi connectivity index (χ1n) is 18.2. The first-order valence-corrected chi connectivity index (χ1v) is 18.6. The molecule has 1 amide bonds. The Morgan fingerprint density at radius 3 is 2.09 bits per heavy atom. The molecule has 1 heterocycles. The summed E-state index contributed by atoms with van der Waals surface area (Å²) in [6.07, 6.45) is -0.437. The Morgan fingerprint density at radius 2 is 1.54 bits per heavy atom. The van der Waals surface area contributed by atoms with Gasteiger partial charge in [0.25, 0.3) is 5.91 Å². The Morgan fingerprint density at radius 1 is 0.893 bits per heavy atom. The van der Waals surface area contributed by atoms with Gasteiger partial charge in [0, 0.05) is 19.2 Å². The third-order valence-corrected chi connectivity index (χ3v) is 9.15. The number of hydrogen-bond donors (Lipinski definition) is 1. The van der Waals surface area contributed by atoms with E-state index in [9.17, 15) is 23.6 Å². The van der Waals surface area contributed by atoms with E-state index in [4.69, 9.17) is 21.1 Å². The van der Waals surface area contributed by atoms with Crippen LogP contribution in [-0.2, 0) is 35.0 Å². The van der Waals surface area contributed by atoms with Gasteiger partial charge in [0.1, 0.15) is 29.0 Å². The summed E-state index contributed by atoms with van der Waals surface area (Å²) in [6, 6.07) is 32.1. The maximum Gasteiger partial charge on any atom is 0.387 e. The summed E-state index contributed by atoms with van der Waals surface area (Å²) in [4.78, 5) is 25.4. The fourth-order valence-corrected chi connectivity index (χ4v) is 6.17. The number of halogens is 3. The van der Waals surface area contributed by atoms with Gasteiger partial charge in [-0.3, -0.25) is 14.3 Å². The fourth-order valence-electron chi connectivity index (χ4n) is 5.79. The van der Waals surface area contributed by atoms with Gasteiger partial charge in [-0.15, -0.1) is 0 Å². The second-order valence-corrected chi connectivity index (χ2v) is 14.7. The number of alkyl halides is 2. The van der Waals surface area contributed by atoms with Gasteiger partial charge < -0.3 is 19.5 Å². The molecule has 1 aromatic heterocycles. The number of hydrogen-bond acceptors (Lipinski definition) is 7. The summed E-state index contributed by atoms with van der Waals surface area (Å²) in [5, 5.41) is 17.3. The molecule has 5 aromatic rings. The Balaban J connectivity index is 0.000000265. The van der Waals surface area contributed by atoms with E-state index in [2.05, 4.69) is 48.1 Å². The number of benzene rings is 4. The van der Waals surface area contributed by atoms with Crippen LogP contribution in [0.5, 0.6) is 17.2 Å². The van der Waals surface area contributed by atoms with Crippen LogP contribution < -0.4 is 14.8 Å². The van der Waals surface area contributed by atoms with E-state index in [-0.39, 0.29) is 23.0 Å². The molecule has 1 unspecified atom stereocenters. The summed E-state index contributed by atoms with van der Waals surface area (Å²) < 4.78 is 42.0. The van der Waals surface area contributed by atoms with Crippen LogP contribution in [0.15, 0.2) is 103 Å². The summed E-state index contributed by atoms with van der Waals surface area (Å²) in [5.74, 6) is -0.506. The highest BCUT2D eigenvalue weighted by Crippen LogP contribution is 2.32. The van der Waals surface area contributed by atoms with Crippen molar-refractivity contribution in [1.29, 1.82) is 5.26 Å². The Kier molecular flexibility index (Phi) is 15.2. The van der Waals surface area contributed by atoms with Gasteiger partial charge in [-0.05, 0) is 70.8 Å². The highest BCUT2D eigenvalue weighted by molar-refractivity contribution is 6.34. The van der Waals surface area contributed by atoms with E-state index in [1.165, 1.54) is 17.7 Å². The molecule has 294 valence electrons. The molecule has 0 aliphatic rings. The summed E-state index contributed by atoms with van der Waals surface area (Å²) in [6.45, 7) is 9.72. The van der Waals surface area contributed by atoms with Crippen molar-refractivity contribution in [2.75, 3.05) is 0 Å². The predicted octanol–water partition coefficient (Wildman–Crippen LogP) is 10.5. The van der Waals surface area contributed by atoms with E-state index in [1.807, 2.05) is 57.2 Å². The zero-order chi connectivity index (χ0) is 41.0. The molecule has 0 saturated heterocycles. The molecule has 9 nitrogen and oxygen atoms in total. The Hall–Kier alpha value is -5.73. The van der Waals surface area contributed by atoms with Crippen molar-refractivity contribution in [2.45, 2.75) is 78.6 Å². The number of nitrogens with one attached hydrogen (secondary N) is 1. The fraction of sp³-hybridized carbons (Fsp3) is 0.318. The van der Waals surface area contributed by atoms with Crippen LogP contribution in [0, 0.1) is 17.2 Å². The molecule has 0 spiro atoms. The average molecular weight is 785 g/mol. The molecule has 0 aliphatic carbocycles. The number of amides is 1. The topological polar surface area (TPSA) is 115 Å². The second-order valence-electron chi connectivity index (χ2n) is 14.3. The molecule has 0 bridgehead atoms. The number of carbonyl (C=O) groups is 2. The third-order valence-electron chi connectivity index (χ3n) is 8.75. The Labute approximate surface area is 332 Å². The minimum absolute atomic E-state index is 0.00486. The van der Waals surface area contributed by atoms with E-state index < -0.39 is 24.6 Å². The number of rotatable bonds is 13. The van der Waals surface area contributed by atoms with Gasteiger partial charge >= 0.3 is 12.6 Å². The van der Waals surface area contributed by atoms with Crippen LogP contribution in [0.25, 0.3) is 0 Å². The Bertz CT molecular complexity index is 2090. The zero-order valence-electron chi connectivity index (χ0n) is 32.6. The number of para-hydroxylation sites is 1. The van der Waals surface area contributed by atoms with Gasteiger partial charge in [0.05, 0.1) is 16.6 Å². The number of aryl methyl sites for hydroxylation is 2. The predicted molar refractivity (Wildman–Crippen MR) is 212 cm³/mol. The molecule has 5 rings (SSSR count). The van der Waals surface area contributed by atoms with Crippen molar-refractivity contribution in [2.24, 2.45) is 13.0 Å². The standard InChI is InChI=1S/C26H23F2NO4.C18H24ClN3O/c1-17(2)24(18-11-13-21(14-12-18)32-26(27)28)25(30)33-23(16-29)19-7-6-10-22(15-19)31-20-8-4-3-5-9-20;1-6-14-15(19)16(22(5)21-14)17(23)20-11-12-7-9-13(10-8-12)18(2,3)4/h3-15,17,23-24,26H,1-2H3;7-10H,6,11H2,1-5H3,(H,20,23)/t23?,24-;/m0./s1. The molecular formula is C44H47ClF2N4O5. The van der Waals surface area contributed by atoms with Gasteiger partial charge in [0.2, 0.25) is 6.10 Å². The molecule has 4 aromatic carbocycles. The highest BCUT2D eigenvalue weighted by atomic mass is 35.5. The number of nitriles is 1. The number of esters is 1. The van der Waals surface area contributed by atoms with Gasteiger partial charge in [-0.2, -0.15) is 19.1 Å². The normalized spacial score (nSPS) is 12.2. The maximum atomic E-state index is 13.0. The van der Waals surface area contributed by atoms with Crippen LogP contribution in [0.2, 0.25) is 5.02 Å². The average Bonchev–Trinajstić information content (AvgIpc) is 3.46. The number of aromatic nitrogens is 2. The van der Waals surface area contributed by atoms with Gasteiger partial charge in [-0.25, -0.2) is 0 Å². The molecule has 2 atom stereocenters. The third kappa shape index (κ3) is 11.9. The van der Waals surface area contributed by atoms with Crippen molar-refractivity contribution in [3.63, 3.8) is 0 Å². The summed E-state index contributed by atoms with van der Waals surface area (Å²) >= 11 is 6.23. The van der Waals surface area contributed by atoms with E-state index >= 15 is 0 Å². The minimum atomic E-state index is -2.93. The van der Waals surface area contributed by atoms with Crippen molar-refractivity contribution >= 4 is 23.5 Å². The molecule has 0 saturated carbocycles. The number of carbonyl (C=O) groups excluding carboxylic acids is 2. The van der Waals surface area contributed by atoms with Crippen LogP contribution in [0.4, 0.5) is 8.78 Å². The zero-order valence-corrected chi connectivity index (χ0v) is 33.3. The van der Waals surface area contributed by atoms with Crippen LogP contribution in [0.1, 0.15) is 92.0 Å². The van der Waals surface area contributed by atoms with Gasteiger partial charge in [-0.1, -0.05) is 120 Å². The highest BCUT2D eigenvalue weighted by Gasteiger charge is 2.29. The molecule has 1 N–H and O–H groups in total. The van der Waals surface area contributed by atoms with Crippen molar-refractivity contribution in [3.05, 3.63) is 142 Å². The number of nitrogens with zero attached hydrogens (tertiary/aromatic N) is 3.